The minimum absolute atomic E-state index is 0.0119. The van der Waals surface area contributed by atoms with Gasteiger partial charge in [0, 0.05) is 35.9 Å². The third-order valence-electron chi connectivity index (χ3n) is 5.34. The fourth-order valence-corrected chi connectivity index (χ4v) is 3.82. The molecule has 0 radical (unpaired) electrons. The van der Waals surface area contributed by atoms with Crippen LogP contribution >= 0.6 is 11.6 Å². The van der Waals surface area contributed by atoms with Crippen LogP contribution in [0.3, 0.4) is 0 Å². The van der Waals surface area contributed by atoms with Crippen molar-refractivity contribution in [3.63, 3.8) is 0 Å². The maximum absolute atomic E-state index is 13.0. The number of anilines is 1. The average molecular weight is 385 g/mol. The number of nitrogens with one attached hydrogen (secondary N) is 1. The van der Waals surface area contributed by atoms with Gasteiger partial charge in [0.05, 0.1) is 13.2 Å². The summed E-state index contributed by atoms with van der Waals surface area (Å²) in [5, 5.41) is 3.79. The standard InChI is InChI=1S/C22H25ClN2O2/c1-15-12-19(25-8-10-27-11-9-25)13-20(17-4-5-17)21(15)22(26)24-14-16-2-6-18(23)7-3-16/h2-3,6-7,12-13,17H,4-5,8-11,14H2,1H3,(H,24,26). The Morgan fingerprint density at radius 2 is 1.89 bits per heavy atom. The first kappa shape index (κ1) is 18.3. The van der Waals surface area contributed by atoms with Crippen LogP contribution in [0.2, 0.25) is 5.02 Å². The van der Waals surface area contributed by atoms with Crippen molar-refractivity contribution < 1.29 is 9.53 Å². The van der Waals surface area contributed by atoms with Gasteiger partial charge >= 0.3 is 0 Å². The van der Waals surface area contributed by atoms with Crippen molar-refractivity contribution >= 4 is 23.2 Å². The quantitative estimate of drug-likeness (QED) is 0.835. The monoisotopic (exact) mass is 384 g/mol. The van der Waals surface area contributed by atoms with Crippen LogP contribution < -0.4 is 10.2 Å². The molecule has 2 fully saturated rings. The largest absolute Gasteiger partial charge is 0.378 e. The summed E-state index contributed by atoms with van der Waals surface area (Å²) in [7, 11) is 0. The number of carbonyl (C=O) groups excluding carboxylic acids is 1. The summed E-state index contributed by atoms with van der Waals surface area (Å²) >= 11 is 5.93. The Bertz CT molecular complexity index is 825. The third kappa shape index (κ3) is 4.28. The van der Waals surface area contributed by atoms with Crippen LogP contribution in [0.4, 0.5) is 5.69 Å². The molecule has 0 atom stereocenters. The van der Waals surface area contributed by atoms with E-state index in [2.05, 4.69) is 22.3 Å². The van der Waals surface area contributed by atoms with E-state index >= 15 is 0 Å². The fourth-order valence-electron chi connectivity index (χ4n) is 3.70. The van der Waals surface area contributed by atoms with Gasteiger partial charge in [-0.2, -0.15) is 0 Å². The minimum atomic E-state index is 0.0119. The fraction of sp³-hybridized carbons (Fsp3) is 0.409. The number of benzene rings is 2. The molecule has 0 bridgehead atoms. The van der Waals surface area contributed by atoms with Gasteiger partial charge < -0.3 is 15.0 Å². The molecule has 142 valence electrons. The second-order valence-corrected chi connectivity index (χ2v) is 7.85. The van der Waals surface area contributed by atoms with Crippen LogP contribution in [0.1, 0.15) is 45.8 Å². The van der Waals surface area contributed by atoms with Gasteiger partial charge in [0.15, 0.2) is 0 Å². The van der Waals surface area contributed by atoms with E-state index in [1.54, 1.807) is 0 Å². The number of hydrogen-bond acceptors (Lipinski definition) is 3. The number of amides is 1. The number of halogens is 1. The maximum Gasteiger partial charge on any atom is 0.252 e. The molecule has 0 aromatic heterocycles. The zero-order valence-corrected chi connectivity index (χ0v) is 16.4. The maximum atomic E-state index is 13.0. The Morgan fingerprint density at radius 1 is 1.19 bits per heavy atom. The molecule has 2 aromatic rings. The third-order valence-corrected chi connectivity index (χ3v) is 5.59. The summed E-state index contributed by atoms with van der Waals surface area (Å²) in [6.45, 7) is 5.90. The SMILES string of the molecule is Cc1cc(N2CCOCC2)cc(C2CC2)c1C(=O)NCc1ccc(Cl)cc1. The van der Waals surface area contributed by atoms with E-state index in [4.69, 9.17) is 16.3 Å². The normalized spacial score (nSPS) is 17.0. The molecular weight excluding hydrogens is 360 g/mol. The van der Waals surface area contributed by atoms with Crippen molar-refractivity contribution in [1.29, 1.82) is 0 Å². The van der Waals surface area contributed by atoms with E-state index in [0.717, 1.165) is 43.0 Å². The van der Waals surface area contributed by atoms with Crippen molar-refractivity contribution in [2.24, 2.45) is 0 Å². The van der Waals surface area contributed by atoms with Crippen LogP contribution in [0.15, 0.2) is 36.4 Å². The lowest BCUT2D eigenvalue weighted by Crippen LogP contribution is -2.36. The van der Waals surface area contributed by atoms with Gasteiger partial charge in [-0.15, -0.1) is 0 Å². The highest BCUT2D eigenvalue weighted by molar-refractivity contribution is 6.30. The molecule has 2 aromatic carbocycles. The first-order chi connectivity index (χ1) is 13.1. The molecule has 4 rings (SSSR count). The number of rotatable bonds is 5. The molecule has 1 saturated carbocycles. The number of hydrogen-bond donors (Lipinski definition) is 1. The molecule has 0 unspecified atom stereocenters. The van der Waals surface area contributed by atoms with Crippen LogP contribution in [0.25, 0.3) is 0 Å². The molecule has 1 aliphatic carbocycles. The molecule has 5 heteroatoms. The molecule has 27 heavy (non-hydrogen) atoms. The number of ether oxygens (including phenoxy) is 1. The highest BCUT2D eigenvalue weighted by Crippen LogP contribution is 2.44. The Kier molecular flexibility index (Phi) is 5.37. The van der Waals surface area contributed by atoms with Gasteiger partial charge in [0.1, 0.15) is 0 Å². The van der Waals surface area contributed by atoms with E-state index < -0.39 is 0 Å². The van der Waals surface area contributed by atoms with Crippen molar-refractivity contribution in [3.8, 4) is 0 Å². The summed E-state index contributed by atoms with van der Waals surface area (Å²) in [6, 6.07) is 12.0. The van der Waals surface area contributed by atoms with E-state index in [1.165, 1.54) is 24.1 Å². The second-order valence-electron chi connectivity index (χ2n) is 7.41. The summed E-state index contributed by atoms with van der Waals surface area (Å²) < 4.78 is 5.47. The van der Waals surface area contributed by atoms with Crippen LogP contribution in [-0.4, -0.2) is 32.2 Å². The number of carbonyl (C=O) groups is 1. The van der Waals surface area contributed by atoms with Crippen LogP contribution in [-0.2, 0) is 11.3 Å². The molecule has 1 aliphatic heterocycles. The highest BCUT2D eigenvalue weighted by Gasteiger charge is 2.30. The first-order valence-electron chi connectivity index (χ1n) is 9.61. The lowest BCUT2D eigenvalue weighted by molar-refractivity contribution is 0.0949. The summed E-state index contributed by atoms with van der Waals surface area (Å²) in [5.74, 6) is 0.527. The predicted octanol–water partition coefficient (Wildman–Crippen LogP) is 4.29. The van der Waals surface area contributed by atoms with Crippen molar-refractivity contribution in [3.05, 3.63) is 63.7 Å². The molecule has 1 saturated heterocycles. The molecule has 1 heterocycles. The topological polar surface area (TPSA) is 41.6 Å². The van der Waals surface area contributed by atoms with Gasteiger partial charge in [-0.3, -0.25) is 4.79 Å². The number of aryl methyl sites for hydroxylation is 1. The van der Waals surface area contributed by atoms with E-state index in [1.807, 2.05) is 31.2 Å². The summed E-state index contributed by atoms with van der Waals surface area (Å²) in [5.41, 5.74) is 5.36. The van der Waals surface area contributed by atoms with Crippen LogP contribution in [0.5, 0.6) is 0 Å². The summed E-state index contributed by atoms with van der Waals surface area (Å²) in [4.78, 5) is 15.3. The average Bonchev–Trinajstić information content (AvgIpc) is 3.52. The minimum Gasteiger partial charge on any atom is -0.378 e. The van der Waals surface area contributed by atoms with E-state index in [-0.39, 0.29) is 5.91 Å². The van der Waals surface area contributed by atoms with Gasteiger partial charge in [0.2, 0.25) is 0 Å². The number of nitrogens with zero attached hydrogens (tertiary/aromatic N) is 1. The zero-order valence-electron chi connectivity index (χ0n) is 15.6. The van der Waals surface area contributed by atoms with Gasteiger partial charge in [0.25, 0.3) is 5.91 Å². The Labute approximate surface area is 165 Å². The van der Waals surface area contributed by atoms with Crippen LogP contribution in [0, 0.1) is 6.92 Å². The van der Waals surface area contributed by atoms with Crippen molar-refractivity contribution in [2.75, 3.05) is 31.2 Å². The molecule has 1 amide bonds. The molecule has 0 spiro atoms. The number of morpholine rings is 1. The molecule has 2 aliphatic rings. The lowest BCUT2D eigenvalue weighted by atomic mass is 9.96. The Balaban J connectivity index is 1.55. The second kappa shape index (κ2) is 7.91. The highest BCUT2D eigenvalue weighted by atomic mass is 35.5. The van der Waals surface area contributed by atoms with Gasteiger partial charge in [-0.05, 0) is 66.6 Å². The summed E-state index contributed by atoms with van der Waals surface area (Å²) in [6.07, 6.45) is 2.34. The molecule has 1 N–H and O–H groups in total. The zero-order chi connectivity index (χ0) is 18.8. The first-order valence-corrected chi connectivity index (χ1v) is 9.99. The van der Waals surface area contributed by atoms with E-state index in [0.29, 0.717) is 17.5 Å². The molecule has 4 nitrogen and oxygen atoms in total. The van der Waals surface area contributed by atoms with E-state index in [9.17, 15) is 4.79 Å². The van der Waals surface area contributed by atoms with Gasteiger partial charge in [-0.25, -0.2) is 0 Å². The van der Waals surface area contributed by atoms with Crippen molar-refractivity contribution in [2.45, 2.75) is 32.2 Å². The van der Waals surface area contributed by atoms with Crippen molar-refractivity contribution in [1.82, 2.24) is 5.32 Å². The predicted molar refractivity (Wildman–Crippen MR) is 109 cm³/mol. The van der Waals surface area contributed by atoms with Gasteiger partial charge in [-0.1, -0.05) is 23.7 Å². The molecular formula is C22H25ClN2O2. The lowest BCUT2D eigenvalue weighted by Gasteiger charge is -2.30. The Hall–Kier alpha value is -2.04. The smallest absolute Gasteiger partial charge is 0.252 e. The Morgan fingerprint density at radius 3 is 2.56 bits per heavy atom.